The third kappa shape index (κ3) is 2.12. The lowest BCUT2D eigenvalue weighted by Crippen LogP contribution is -2.04. The Hall–Kier alpha value is -2.48. The number of aromatic nitrogens is 2. The van der Waals surface area contributed by atoms with Crippen molar-refractivity contribution in [3.05, 3.63) is 42.0 Å². The van der Waals surface area contributed by atoms with Crippen LogP contribution in [0.3, 0.4) is 0 Å². The highest BCUT2D eigenvalue weighted by Gasteiger charge is 2.01. The summed E-state index contributed by atoms with van der Waals surface area (Å²) in [7, 11) is 0. The Balaban J connectivity index is 2.12. The van der Waals surface area contributed by atoms with E-state index in [1.807, 2.05) is 0 Å². The number of aromatic amines is 1. The molecule has 0 aliphatic rings. The maximum atomic E-state index is 8.77. The van der Waals surface area contributed by atoms with Crippen molar-refractivity contribution in [2.24, 2.45) is 0 Å². The second-order valence-electron chi connectivity index (χ2n) is 3.30. The number of rotatable bonds is 3. The van der Waals surface area contributed by atoms with Crippen molar-refractivity contribution in [2.75, 3.05) is 11.1 Å². The van der Waals surface area contributed by atoms with Gasteiger partial charge in [0, 0.05) is 12.4 Å². The Morgan fingerprint density at radius 2 is 2.38 bits per heavy atom. The minimum Gasteiger partial charge on any atom is -0.397 e. The lowest BCUT2D eigenvalue weighted by Gasteiger charge is -2.07. The van der Waals surface area contributed by atoms with Gasteiger partial charge in [-0.05, 0) is 18.2 Å². The van der Waals surface area contributed by atoms with E-state index in [4.69, 9.17) is 11.0 Å². The van der Waals surface area contributed by atoms with Crippen LogP contribution >= 0.6 is 0 Å². The van der Waals surface area contributed by atoms with Gasteiger partial charge in [-0.15, -0.1) is 0 Å². The third-order valence-corrected chi connectivity index (χ3v) is 2.18. The predicted octanol–water partition coefficient (Wildman–Crippen LogP) is 1.48. The van der Waals surface area contributed by atoms with E-state index in [0.29, 0.717) is 17.8 Å². The van der Waals surface area contributed by atoms with Crippen LogP contribution in [0.15, 0.2) is 30.6 Å². The Labute approximate surface area is 92.9 Å². The minimum absolute atomic E-state index is 0.548. The lowest BCUT2D eigenvalue weighted by molar-refractivity contribution is 1.00. The number of nitrogen functional groups attached to an aromatic ring is 1. The van der Waals surface area contributed by atoms with Crippen molar-refractivity contribution in [1.82, 2.24) is 9.97 Å². The number of hydrogen-bond acceptors (Lipinski definition) is 4. The number of imidazole rings is 1. The molecule has 0 radical (unpaired) electrons. The number of hydrogen-bond donors (Lipinski definition) is 3. The van der Waals surface area contributed by atoms with E-state index in [2.05, 4.69) is 21.4 Å². The van der Waals surface area contributed by atoms with E-state index in [9.17, 15) is 0 Å². The quantitative estimate of drug-likeness (QED) is 0.673. The SMILES string of the molecule is N#Cc1ccc(N)c(NCc2ncc[nH]2)c1. The fourth-order valence-corrected chi connectivity index (χ4v) is 1.35. The van der Waals surface area contributed by atoms with Crippen molar-refractivity contribution in [2.45, 2.75) is 6.54 Å². The van der Waals surface area contributed by atoms with Crippen LogP contribution in [0.5, 0.6) is 0 Å². The van der Waals surface area contributed by atoms with Gasteiger partial charge in [0.25, 0.3) is 0 Å². The van der Waals surface area contributed by atoms with Crippen LogP contribution in [0.2, 0.25) is 0 Å². The molecule has 0 aliphatic carbocycles. The molecule has 4 N–H and O–H groups in total. The number of anilines is 2. The smallest absolute Gasteiger partial charge is 0.125 e. The molecule has 1 heterocycles. The lowest BCUT2D eigenvalue weighted by atomic mass is 10.2. The van der Waals surface area contributed by atoms with Gasteiger partial charge in [-0.2, -0.15) is 5.26 Å². The average molecular weight is 213 g/mol. The number of nitrogens with zero attached hydrogens (tertiary/aromatic N) is 2. The summed E-state index contributed by atoms with van der Waals surface area (Å²) in [5.74, 6) is 0.821. The molecule has 0 fully saturated rings. The summed E-state index contributed by atoms with van der Waals surface area (Å²) < 4.78 is 0. The van der Waals surface area contributed by atoms with Gasteiger partial charge >= 0.3 is 0 Å². The van der Waals surface area contributed by atoms with Gasteiger partial charge in [-0.1, -0.05) is 0 Å². The van der Waals surface area contributed by atoms with Crippen LogP contribution in [0.4, 0.5) is 11.4 Å². The average Bonchev–Trinajstić information content (AvgIpc) is 2.81. The van der Waals surface area contributed by atoms with Crippen LogP contribution in [-0.4, -0.2) is 9.97 Å². The third-order valence-electron chi connectivity index (χ3n) is 2.18. The van der Waals surface area contributed by atoms with E-state index >= 15 is 0 Å². The molecular formula is C11H11N5. The van der Waals surface area contributed by atoms with E-state index in [-0.39, 0.29) is 0 Å². The molecule has 80 valence electrons. The highest BCUT2D eigenvalue weighted by molar-refractivity contribution is 5.68. The Kier molecular flexibility index (Phi) is 2.74. The van der Waals surface area contributed by atoms with Crippen LogP contribution in [-0.2, 0) is 6.54 Å². The molecule has 5 nitrogen and oxygen atoms in total. The number of nitriles is 1. The van der Waals surface area contributed by atoms with Gasteiger partial charge < -0.3 is 16.0 Å². The number of nitrogens with one attached hydrogen (secondary N) is 2. The zero-order chi connectivity index (χ0) is 11.4. The maximum absolute atomic E-state index is 8.77. The Morgan fingerprint density at radius 1 is 1.50 bits per heavy atom. The second-order valence-corrected chi connectivity index (χ2v) is 3.30. The molecule has 1 aromatic heterocycles. The van der Waals surface area contributed by atoms with Crippen molar-refractivity contribution < 1.29 is 0 Å². The normalized spacial score (nSPS) is 9.69. The maximum Gasteiger partial charge on any atom is 0.125 e. The summed E-state index contributed by atoms with van der Waals surface area (Å²) >= 11 is 0. The molecule has 0 saturated carbocycles. The van der Waals surface area contributed by atoms with E-state index in [1.165, 1.54) is 0 Å². The van der Waals surface area contributed by atoms with Gasteiger partial charge in [0.2, 0.25) is 0 Å². The van der Waals surface area contributed by atoms with Crippen LogP contribution in [0.1, 0.15) is 11.4 Å². The van der Waals surface area contributed by atoms with Gasteiger partial charge in [-0.3, -0.25) is 0 Å². The van der Waals surface area contributed by atoms with Crippen molar-refractivity contribution in [3.8, 4) is 6.07 Å². The first kappa shape index (κ1) is 10.1. The highest BCUT2D eigenvalue weighted by atomic mass is 15.0. The number of H-pyrrole nitrogens is 1. The highest BCUT2D eigenvalue weighted by Crippen LogP contribution is 2.19. The molecule has 0 atom stereocenters. The van der Waals surface area contributed by atoms with Gasteiger partial charge in [-0.25, -0.2) is 4.98 Å². The van der Waals surface area contributed by atoms with Crippen molar-refractivity contribution >= 4 is 11.4 Å². The molecular weight excluding hydrogens is 202 g/mol. The molecule has 0 spiro atoms. The van der Waals surface area contributed by atoms with Gasteiger partial charge in [0.15, 0.2) is 0 Å². The Bertz CT molecular complexity index is 510. The van der Waals surface area contributed by atoms with Gasteiger partial charge in [0.1, 0.15) is 5.82 Å². The first-order valence-corrected chi connectivity index (χ1v) is 4.81. The van der Waals surface area contributed by atoms with Gasteiger partial charge in [0.05, 0.1) is 29.6 Å². The molecule has 1 aromatic carbocycles. The van der Waals surface area contributed by atoms with Crippen LogP contribution in [0.25, 0.3) is 0 Å². The molecule has 2 aromatic rings. The van der Waals surface area contributed by atoms with Crippen LogP contribution in [0, 0.1) is 11.3 Å². The Morgan fingerprint density at radius 3 is 3.06 bits per heavy atom. The molecule has 16 heavy (non-hydrogen) atoms. The molecule has 0 aliphatic heterocycles. The summed E-state index contributed by atoms with van der Waals surface area (Å²) in [5, 5.41) is 11.9. The van der Waals surface area contributed by atoms with E-state index in [0.717, 1.165) is 11.5 Å². The molecule has 5 heteroatoms. The molecule has 2 rings (SSSR count). The summed E-state index contributed by atoms with van der Waals surface area (Å²) in [6.07, 6.45) is 3.44. The summed E-state index contributed by atoms with van der Waals surface area (Å²) in [5.41, 5.74) is 7.72. The van der Waals surface area contributed by atoms with E-state index in [1.54, 1.807) is 30.6 Å². The fourth-order valence-electron chi connectivity index (χ4n) is 1.35. The summed E-state index contributed by atoms with van der Waals surface area (Å²) in [4.78, 5) is 7.06. The first-order chi connectivity index (χ1) is 7.79. The fraction of sp³-hybridized carbons (Fsp3) is 0.0909. The van der Waals surface area contributed by atoms with Crippen molar-refractivity contribution in [1.29, 1.82) is 5.26 Å². The summed E-state index contributed by atoms with van der Waals surface area (Å²) in [6, 6.07) is 7.19. The number of nitrogens with two attached hydrogens (primary N) is 1. The largest absolute Gasteiger partial charge is 0.397 e. The van der Waals surface area contributed by atoms with Crippen LogP contribution < -0.4 is 11.1 Å². The summed E-state index contributed by atoms with van der Waals surface area (Å²) in [6.45, 7) is 0.548. The molecule has 0 unspecified atom stereocenters. The molecule has 0 bridgehead atoms. The second kappa shape index (κ2) is 4.36. The zero-order valence-electron chi connectivity index (χ0n) is 8.57. The number of benzene rings is 1. The predicted molar refractivity (Wildman–Crippen MR) is 61.5 cm³/mol. The first-order valence-electron chi connectivity index (χ1n) is 4.81. The molecule has 0 amide bonds. The zero-order valence-corrected chi connectivity index (χ0v) is 8.57. The van der Waals surface area contributed by atoms with Crippen molar-refractivity contribution in [3.63, 3.8) is 0 Å². The van der Waals surface area contributed by atoms with E-state index < -0.39 is 0 Å². The standard InChI is InChI=1S/C11H11N5/c12-6-8-1-2-9(13)10(5-8)16-7-11-14-3-4-15-11/h1-5,16H,7,13H2,(H,14,15). The topological polar surface area (TPSA) is 90.5 Å². The monoisotopic (exact) mass is 213 g/mol. The molecule has 0 saturated heterocycles. The minimum atomic E-state index is 0.548.